The molecule has 0 N–H and O–H groups in total. The Balaban J connectivity index is 1.91. The molecule has 0 spiro atoms. The molecule has 82 valence electrons. The molecule has 0 aromatic carbocycles. The van der Waals surface area contributed by atoms with E-state index in [1.54, 1.807) is 10.0 Å². The van der Waals surface area contributed by atoms with Gasteiger partial charge in [-0.15, -0.1) is 0 Å². The standard InChI is InChI=1S/C12H16BrNSe/c1-14-9-2-3-10(14)7-8(6-9)12-11(13)4-5-15-12/h4-6,9-10H,2-3,7,15H2,1H3. The van der Waals surface area contributed by atoms with Gasteiger partial charge in [-0.2, -0.15) is 0 Å². The molecule has 2 unspecified atom stereocenters. The molecule has 3 aliphatic rings. The Labute approximate surface area is 106 Å². The molecule has 3 rings (SSSR count). The second-order valence-corrected chi connectivity index (χ2v) is 7.77. The number of rotatable bonds is 1. The van der Waals surface area contributed by atoms with Gasteiger partial charge in [0.25, 0.3) is 0 Å². The van der Waals surface area contributed by atoms with Crippen molar-refractivity contribution < 1.29 is 0 Å². The first-order valence-electron chi connectivity index (χ1n) is 5.51. The van der Waals surface area contributed by atoms with Crippen molar-refractivity contribution in [3.05, 3.63) is 31.7 Å². The number of likely N-dealkylation sites (N-methyl/N-ethyl adjacent to an activating group) is 1. The van der Waals surface area contributed by atoms with Crippen molar-refractivity contribution in [2.45, 2.75) is 31.3 Å². The van der Waals surface area contributed by atoms with Crippen LogP contribution >= 0.6 is 15.9 Å². The van der Waals surface area contributed by atoms with Gasteiger partial charge >= 0.3 is 106 Å². The van der Waals surface area contributed by atoms with Crippen LogP contribution in [0.15, 0.2) is 31.7 Å². The van der Waals surface area contributed by atoms with Crippen molar-refractivity contribution in [1.29, 1.82) is 0 Å². The van der Waals surface area contributed by atoms with Gasteiger partial charge in [0.05, 0.1) is 0 Å². The van der Waals surface area contributed by atoms with Crippen LogP contribution in [0, 0.1) is 0 Å². The van der Waals surface area contributed by atoms with E-state index >= 15 is 0 Å². The molecule has 0 aromatic heterocycles. The van der Waals surface area contributed by atoms with Gasteiger partial charge in [-0.3, -0.25) is 0 Å². The molecule has 0 amide bonds. The van der Waals surface area contributed by atoms with Crippen LogP contribution in [0.2, 0.25) is 0 Å². The monoisotopic (exact) mass is 333 g/mol. The van der Waals surface area contributed by atoms with E-state index in [1.807, 2.05) is 0 Å². The van der Waals surface area contributed by atoms with Gasteiger partial charge in [0.15, 0.2) is 0 Å². The third kappa shape index (κ3) is 1.70. The predicted molar refractivity (Wildman–Crippen MR) is 70.9 cm³/mol. The van der Waals surface area contributed by atoms with Gasteiger partial charge in [-0.25, -0.2) is 0 Å². The van der Waals surface area contributed by atoms with Gasteiger partial charge < -0.3 is 0 Å². The molecule has 3 heteroatoms. The van der Waals surface area contributed by atoms with Gasteiger partial charge in [0, 0.05) is 0 Å². The summed E-state index contributed by atoms with van der Waals surface area (Å²) in [6.07, 6.45) is 8.80. The first-order chi connectivity index (χ1) is 7.25. The molecule has 3 heterocycles. The van der Waals surface area contributed by atoms with Crippen molar-refractivity contribution in [3.63, 3.8) is 0 Å². The third-order valence-corrected chi connectivity index (χ3v) is 7.73. The Kier molecular flexibility index (Phi) is 2.68. The third-order valence-electron chi connectivity index (χ3n) is 3.76. The topological polar surface area (TPSA) is 3.24 Å². The van der Waals surface area contributed by atoms with Crippen LogP contribution in [-0.2, 0) is 0 Å². The van der Waals surface area contributed by atoms with Gasteiger partial charge in [0.1, 0.15) is 0 Å². The molecule has 2 bridgehead atoms. The maximum absolute atomic E-state index is 3.69. The molecular weight excluding hydrogens is 317 g/mol. The molecule has 3 aliphatic heterocycles. The van der Waals surface area contributed by atoms with Crippen molar-refractivity contribution in [2.75, 3.05) is 7.05 Å². The number of fused-ring (bicyclic) bond motifs is 2. The zero-order valence-electron chi connectivity index (χ0n) is 8.83. The maximum atomic E-state index is 3.69. The zero-order valence-corrected chi connectivity index (χ0v) is 12.5. The molecule has 0 radical (unpaired) electrons. The summed E-state index contributed by atoms with van der Waals surface area (Å²) in [4.78, 5) is 4.93. The molecule has 15 heavy (non-hydrogen) atoms. The van der Waals surface area contributed by atoms with Crippen molar-refractivity contribution in [2.24, 2.45) is 0 Å². The van der Waals surface area contributed by atoms with E-state index in [2.05, 4.69) is 45.0 Å². The Morgan fingerprint density at radius 1 is 1.47 bits per heavy atom. The molecule has 2 atom stereocenters. The fraction of sp³-hybridized carbons (Fsp3) is 0.500. The Bertz CT molecular complexity index is 383. The molecule has 1 nitrogen and oxygen atoms in total. The average molecular weight is 333 g/mol. The van der Waals surface area contributed by atoms with E-state index in [-0.39, 0.29) is 15.0 Å². The van der Waals surface area contributed by atoms with Crippen LogP contribution in [0.5, 0.6) is 0 Å². The van der Waals surface area contributed by atoms with E-state index in [0.717, 1.165) is 12.1 Å². The predicted octanol–water partition coefficient (Wildman–Crippen LogP) is 2.08. The van der Waals surface area contributed by atoms with E-state index in [0.29, 0.717) is 0 Å². The number of nitrogens with zero attached hydrogens (tertiary/aromatic N) is 1. The van der Waals surface area contributed by atoms with E-state index in [4.69, 9.17) is 0 Å². The molecule has 0 aliphatic carbocycles. The number of hydrogen-bond donors (Lipinski definition) is 0. The van der Waals surface area contributed by atoms with Crippen LogP contribution in [0.3, 0.4) is 0 Å². The number of allylic oxidation sites excluding steroid dienone is 3. The minimum absolute atomic E-state index is 0.0183. The molecule has 0 aromatic rings. The summed E-state index contributed by atoms with van der Waals surface area (Å²) in [6.45, 7) is 0. The van der Waals surface area contributed by atoms with Crippen molar-refractivity contribution in [3.8, 4) is 0 Å². The molecule has 1 saturated heterocycles. The Hall–Kier alpha value is 0.179. The summed E-state index contributed by atoms with van der Waals surface area (Å²) in [5.74, 6) is 0. The molecular formula is C12H16BrNSe. The normalized spacial score (nSPS) is 37.9. The van der Waals surface area contributed by atoms with E-state index < -0.39 is 0 Å². The fourth-order valence-corrected chi connectivity index (χ4v) is 6.43. The van der Waals surface area contributed by atoms with Gasteiger partial charge in [0.2, 0.25) is 0 Å². The van der Waals surface area contributed by atoms with Crippen LogP contribution in [-0.4, -0.2) is 39.0 Å². The molecule has 1 fully saturated rings. The second kappa shape index (κ2) is 3.88. The number of halogens is 1. The van der Waals surface area contributed by atoms with Crippen LogP contribution in [0.1, 0.15) is 19.3 Å². The zero-order chi connectivity index (χ0) is 10.4. The Morgan fingerprint density at radius 3 is 3.00 bits per heavy atom. The Morgan fingerprint density at radius 2 is 2.33 bits per heavy atom. The summed E-state index contributed by atoms with van der Waals surface area (Å²) in [5.41, 5.74) is 1.65. The summed E-state index contributed by atoms with van der Waals surface area (Å²) in [5, 5.41) is 0. The second-order valence-electron chi connectivity index (χ2n) is 4.56. The van der Waals surface area contributed by atoms with Crippen LogP contribution in [0.4, 0.5) is 0 Å². The first-order valence-corrected chi connectivity index (χ1v) is 8.57. The first kappa shape index (κ1) is 10.3. The number of hydrogen-bond acceptors (Lipinski definition) is 1. The van der Waals surface area contributed by atoms with E-state index in [9.17, 15) is 0 Å². The van der Waals surface area contributed by atoms with Crippen LogP contribution in [0.25, 0.3) is 0 Å². The van der Waals surface area contributed by atoms with Crippen LogP contribution < -0.4 is 0 Å². The quantitative estimate of drug-likeness (QED) is 0.664. The van der Waals surface area contributed by atoms with Gasteiger partial charge in [-0.1, -0.05) is 0 Å². The van der Waals surface area contributed by atoms with Crippen molar-refractivity contribution in [1.82, 2.24) is 4.90 Å². The summed E-state index contributed by atoms with van der Waals surface area (Å²) in [7, 11) is 2.28. The molecule has 0 saturated carbocycles. The summed E-state index contributed by atoms with van der Waals surface area (Å²) in [6, 6.07) is 1.54. The van der Waals surface area contributed by atoms with E-state index in [1.165, 1.54) is 23.7 Å². The SMILES string of the molecule is CN1C2C=C(C3=C(Br)C=C[SeH2]3)CC1CC2. The average Bonchev–Trinajstić information content (AvgIpc) is 2.70. The van der Waals surface area contributed by atoms with Crippen molar-refractivity contribution >= 4 is 30.9 Å². The fourth-order valence-electron chi connectivity index (χ4n) is 2.82. The summed E-state index contributed by atoms with van der Waals surface area (Å²) < 4.78 is 3.01. The summed E-state index contributed by atoms with van der Waals surface area (Å²) >= 11 is 3.70. The minimum atomic E-state index is 0.0183. The van der Waals surface area contributed by atoms with Gasteiger partial charge in [-0.05, 0) is 0 Å².